The maximum Gasteiger partial charge on any atom is 0.326 e. The summed E-state index contributed by atoms with van der Waals surface area (Å²) in [6.07, 6.45) is 1.00. The molecule has 17 heavy (non-hydrogen) atoms. The van der Waals surface area contributed by atoms with Crippen LogP contribution in [0.25, 0.3) is 0 Å². The lowest BCUT2D eigenvalue weighted by molar-refractivity contribution is -0.150. The molecule has 2 fully saturated rings. The van der Waals surface area contributed by atoms with E-state index in [1.54, 1.807) is 0 Å². The van der Waals surface area contributed by atoms with Crippen molar-refractivity contribution in [2.24, 2.45) is 5.92 Å². The Morgan fingerprint density at radius 1 is 1.41 bits per heavy atom. The van der Waals surface area contributed by atoms with Crippen LogP contribution in [0.5, 0.6) is 0 Å². The molecule has 0 spiro atoms. The second-order valence-electron chi connectivity index (χ2n) is 4.88. The van der Waals surface area contributed by atoms with Gasteiger partial charge in [-0.15, -0.1) is 0 Å². The summed E-state index contributed by atoms with van der Waals surface area (Å²) in [7, 11) is 0. The first-order valence-corrected chi connectivity index (χ1v) is 5.91. The van der Waals surface area contributed by atoms with E-state index in [1.807, 2.05) is 0 Å². The van der Waals surface area contributed by atoms with Crippen LogP contribution in [0.15, 0.2) is 0 Å². The summed E-state index contributed by atoms with van der Waals surface area (Å²) < 4.78 is 28.9. The standard InChI is InChI=1S/C11H17F2NO3/c12-9(13)5-17-6-11(10(15)16,7-1-2-7)14-8-3-4-8/h7-9,14H,1-6H2,(H,15,16). The van der Waals surface area contributed by atoms with Gasteiger partial charge in [-0.2, -0.15) is 0 Å². The van der Waals surface area contributed by atoms with E-state index in [-0.39, 0.29) is 18.6 Å². The monoisotopic (exact) mass is 249 g/mol. The fraction of sp³-hybridized carbons (Fsp3) is 0.909. The van der Waals surface area contributed by atoms with Crippen LogP contribution < -0.4 is 5.32 Å². The van der Waals surface area contributed by atoms with Gasteiger partial charge in [0.1, 0.15) is 12.1 Å². The molecule has 4 nitrogen and oxygen atoms in total. The molecule has 6 heteroatoms. The van der Waals surface area contributed by atoms with Gasteiger partial charge in [-0.05, 0) is 31.6 Å². The highest BCUT2D eigenvalue weighted by molar-refractivity contribution is 5.80. The number of aliphatic carboxylic acids is 1. The molecule has 0 radical (unpaired) electrons. The molecule has 0 amide bonds. The van der Waals surface area contributed by atoms with E-state index in [1.165, 1.54) is 0 Å². The Balaban J connectivity index is 1.95. The number of carbonyl (C=O) groups is 1. The van der Waals surface area contributed by atoms with Crippen molar-refractivity contribution in [3.63, 3.8) is 0 Å². The molecule has 1 atom stereocenters. The van der Waals surface area contributed by atoms with Crippen molar-refractivity contribution in [2.45, 2.75) is 43.7 Å². The summed E-state index contributed by atoms with van der Waals surface area (Å²) in [4.78, 5) is 11.4. The topological polar surface area (TPSA) is 58.6 Å². The molecule has 0 aromatic carbocycles. The predicted molar refractivity (Wildman–Crippen MR) is 56.1 cm³/mol. The van der Waals surface area contributed by atoms with Crippen LogP contribution in [-0.4, -0.2) is 42.3 Å². The van der Waals surface area contributed by atoms with E-state index in [0.29, 0.717) is 0 Å². The minimum Gasteiger partial charge on any atom is -0.480 e. The Bertz CT molecular complexity index is 292. The molecule has 0 aromatic rings. The second-order valence-corrected chi connectivity index (χ2v) is 4.88. The number of hydrogen-bond donors (Lipinski definition) is 2. The van der Waals surface area contributed by atoms with Crippen LogP contribution in [0, 0.1) is 5.92 Å². The average molecular weight is 249 g/mol. The zero-order chi connectivity index (χ0) is 12.5. The Labute approximate surface area is 98.3 Å². The summed E-state index contributed by atoms with van der Waals surface area (Å²) in [5.74, 6) is -0.973. The first-order valence-electron chi connectivity index (χ1n) is 5.91. The van der Waals surface area contributed by atoms with Gasteiger partial charge in [0.2, 0.25) is 0 Å². The molecule has 0 aliphatic heterocycles. The molecule has 2 saturated carbocycles. The third kappa shape index (κ3) is 3.13. The molecular weight excluding hydrogens is 232 g/mol. The number of ether oxygens (including phenoxy) is 1. The number of carboxylic acids is 1. The van der Waals surface area contributed by atoms with Crippen LogP contribution in [-0.2, 0) is 9.53 Å². The van der Waals surface area contributed by atoms with Gasteiger partial charge in [-0.1, -0.05) is 0 Å². The molecule has 0 heterocycles. The summed E-state index contributed by atoms with van der Waals surface area (Å²) in [5.41, 5.74) is -1.16. The molecular formula is C11H17F2NO3. The van der Waals surface area contributed by atoms with Crippen LogP contribution in [0.3, 0.4) is 0 Å². The van der Waals surface area contributed by atoms with E-state index in [2.05, 4.69) is 5.32 Å². The molecule has 0 saturated heterocycles. The lowest BCUT2D eigenvalue weighted by Gasteiger charge is -2.30. The summed E-state index contributed by atoms with van der Waals surface area (Å²) in [6.45, 7) is -0.873. The minimum absolute atomic E-state index is 0.0123. The molecule has 2 aliphatic rings. The van der Waals surface area contributed by atoms with Gasteiger partial charge >= 0.3 is 5.97 Å². The fourth-order valence-electron chi connectivity index (χ4n) is 2.05. The average Bonchev–Trinajstić information content (AvgIpc) is 3.10. The molecule has 2 aliphatic carbocycles. The number of halogens is 2. The summed E-state index contributed by atoms with van der Waals surface area (Å²) in [5, 5.41) is 12.4. The molecule has 98 valence electrons. The molecule has 2 N–H and O–H groups in total. The SMILES string of the molecule is O=C(O)C(COCC(F)F)(NC1CC1)C1CC1. The zero-order valence-electron chi connectivity index (χ0n) is 9.49. The van der Waals surface area contributed by atoms with Crippen LogP contribution >= 0.6 is 0 Å². The van der Waals surface area contributed by atoms with Gasteiger partial charge in [-0.3, -0.25) is 10.1 Å². The number of nitrogens with one attached hydrogen (secondary N) is 1. The van der Waals surface area contributed by atoms with E-state index in [9.17, 15) is 18.7 Å². The van der Waals surface area contributed by atoms with E-state index in [0.717, 1.165) is 25.7 Å². The highest BCUT2D eigenvalue weighted by Crippen LogP contribution is 2.42. The van der Waals surface area contributed by atoms with Crippen molar-refractivity contribution in [1.29, 1.82) is 0 Å². The Morgan fingerprint density at radius 2 is 2.06 bits per heavy atom. The molecule has 2 rings (SSSR count). The van der Waals surface area contributed by atoms with Crippen molar-refractivity contribution in [2.75, 3.05) is 13.2 Å². The molecule has 1 unspecified atom stereocenters. The van der Waals surface area contributed by atoms with Crippen molar-refractivity contribution in [3.05, 3.63) is 0 Å². The van der Waals surface area contributed by atoms with Crippen LogP contribution in [0.1, 0.15) is 25.7 Å². The highest BCUT2D eigenvalue weighted by Gasteiger charge is 2.53. The van der Waals surface area contributed by atoms with Gasteiger partial charge < -0.3 is 9.84 Å². The van der Waals surface area contributed by atoms with Gasteiger partial charge in [0.25, 0.3) is 6.43 Å². The van der Waals surface area contributed by atoms with E-state index in [4.69, 9.17) is 4.74 Å². The number of alkyl halides is 2. The predicted octanol–water partition coefficient (Wildman–Crippen LogP) is 1.25. The zero-order valence-corrected chi connectivity index (χ0v) is 9.49. The first kappa shape index (κ1) is 12.7. The maximum absolute atomic E-state index is 12.0. The van der Waals surface area contributed by atoms with Gasteiger partial charge in [0.05, 0.1) is 6.61 Å². The van der Waals surface area contributed by atoms with Crippen molar-refractivity contribution in [1.82, 2.24) is 5.32 Å². The lowest BCUT2D eigenvalue weighted by atomic mass is 9.94. The van der Waals surface area contributed by atoms with Crippen molar-refractivity contribution < 1.29 is 23.4 Å². The summed E-state index contributed by atoms with van der Waals surface area (Å²) in [6, 6.07) is 0.210. The smallest absolute Gasteiger partial charge is 0.326 e. The van der Waals surface area contributed by atoms with E-state index >= 15 is 0 Å². The third-order valence-corrected chi connectivity index (χ3v) is 3.27. The Morgan fingerprint density at radius 3 is 2.47 bits per heavy atom. The summed E-state index contributed by atoms with van der Waals surface area (Å²) >= 11 is 0. The second kappa shape index (κ2) is 4.86. The minimum atomic E-state index is -2.55. The lowest BCUT2D eigenvalue weighted by Crippen LogP contribution is -2.58. The molecule has 0 aromatic heterocycles. The quantitative estimate of drug-likeness (QED) is 0.680. The number of carboxylic acid groups (broad SMARTS) is 1. The Hall–Kier alpha value is -0.750. The Kier molecular flexibility index (Phi) is 3.63. The van der Waals surface area contributed by atoms with Crippen molar-refractivity contribution >= 4 is 5.97 Å². The van der Waals surface area contributed by atoms with Gasteiger partial charge in [0.15, 0.2) is 0 Å². The van der Waals surface area contributed by atoms with Gasteiger partial charge in [0, 0.05) is 6.04 Å². The van der Waals surface area contributed by atoms with Crippen LogP contribution in [0.2, 0.25) is 0 Å². The highest BCUT2D eigenvalue weighted by atomic mass is 19.3. The van der Waals surface area contributed by atoms with E-state index < -0.39 is 24.5 Å². The van der Waals surface area contributed by atoms with Crippen LogP contribution in [0.4, 0.5) is 8.78 Å². The van der Waals surface area contributed by atoms with Gasteiger partial charge in [-0.25, -0.2) is 8.78 Å². The van der Waals surface area contributed by atoms with Crippen molar-refractivity contribution in [3.8, 4) is 0 Å². The number of hydrogen-bond acceptors (Lipinski definition) is 3. The number of rotatable bonds is 8. The largest absolute Gasteiger partial charge is 0.480 e. The first-order chi connectivity index (χ1) is 8.04. The maximum atomic E-state index is 12.0. The normalized spacial score (nSPS) is 23.7. The fourth-order valence-corrected chi connectivity index (χ4v) is 2.05. The third-order valence-electron chi connectivity index (χ3n) is 3.27. The molecule has 0 bridgehead atoms.